The number of ketones is 1. The number of benzene rings is 3. The van der Waals surface area contributed by atoms with Crippen molar-refractivity contribution in [3.63, 3.8) is 0 Å². The zero-order chi connectivity index (χ0) is 26.1. The van der Waals surface area contributed by atoms with Gasteiger partial charge in [0, 0.05) is 11.1 Å². The summed E-state index contributed by atoms with van der Waals surface area (Å²) in [5, 5.41) is 11.8. The molecule has 0 radical (unpaired) electrons. The van der Waals surface area contributed by atoms with Gasteiger partial charge in [0.25, 0.3) is 5.91 Å². The quantitative estimate of drug-likeness (QED) is 0.324. The second-order valence-electron chi connectivity index (χ2n) is 7.60. The highest BCUT2D eigenvalue weighted by atomic mass is 16.5. The van der Waals surface area contributed by atoms with Crippen molar-refractivity contribution in [1.29, 1.82) is 5.26 Å². The molecular formula is C28H26N2O6. The van der Waals surface area contributed by atoms with Crippen molar-refractivity contribution < 1.29 is 28.6 Å². The van der Waals surface area contributed by atoms with Gasteiger partial charge in [-0.1, -0.05) is 30.3 Å². The van der Waals surface area contributed by atoms with Crippen LogP contribution in [0.1, 0.15) is 52.6 Å². The molecular weight excluding hydrogens is 460 g/mol. The number of hydrogen-bond donors (Lipinski definition) is 1. The fourth-order valence-electron chi connectivity index (χ4n) is 3.41. The van der Waals surface area contributed by atoms with Crippen molar-refractivity contribution in [2.45, 2.75) is 26.9 Å². The summed E-state index contributed by atoms with van der Waals surface area (Å²) in [6, 6.07) is 19.5. The first-order chi connectivity index (χ1) is 17.4. The number of amides is 1. The van der Waals surface area contributed by atoms with E-state index in [0.717, 1.165) is 0 Å². The van der Waals surface area contributed by atoms with E-state index in [1.54, 1.807) is 54.6 Å². The highest BCUT2D eigenvalue weighted by Gasteiger charge is 2.24. The second kappa shape index (κ2) is 12.2. The van der Waals surface area contributed by atoms with Crippen molar-refractivity contribution in [3.8, 4) is 17.6 Å². The molecule has 0 aliphatic rings. The predicted octanol–water partition coefficient (Wildman–Crippen LogP) is 4.77. The van der Waals surface area contributed by atoms with Crippen LogP contribution in [-0.2, 0) is 9.53 Å². The van der Waals surface area contributed by atoms with Crippen LogP contribution in [0.15, 0.2) is 66.7 Å². The van der Waals surface area contributed by atoms with Gasteiger partial charge in [0.05, 0.1) is 30.0 Å². The molecule has 184 valence electrons. The number of carbonyl (C=O) groups excluding carboxylic acids is 3. The van der Waals surface area contributed by atoms with E-state index in [9.17, 15) is 19.6 Å². The van der Waals surface area contributed by atoms with Crippen LogP contribution < -0.4 is 14.8 Å². The first kappa shape index (κ1) is 26.0. The Morgan fingerprint density at radius 3 is 2.22 bits per heavy atom. The first-order valence-corrected chi connectivity index (χ1v) is 11.4. The zero-order valence-corrected chi connectivity index (χ0v) is 20.2. The Labute approximate surface area is 209 Å². The van der Waals surface area contributed by atoms with Gasteiger partial charge in [-0.25, -0.2) is 4.79 Å². The molecule has 8 nitrogen and oxygen atoms in total. The number of nitrogens with zero attached hydrogens (tertiary/aromatic N) is 1. The molecule has 0 fully saturated rings. The Hall–Kier alpha value is -4.64. The number of anilines is 1. The number of nitriles is 1. The maximum atomic E-state index is 13.3. The lowest BCUT2D eigenvalue weighted by molar-refractivity contribution is -0.123. The number of carbonyl (C=O) groups is 3. The number of nitrogens with one attached hydrogen (secondary N) is 1. The van der Waals surface area contributed by atoms with Crippen molar-refractivity contribution >= 4 is 23.3 Å². The van der Waals surface area contributed by atoms with Gasteiger partial charge in [-0.3, -0.25) is 9.59 Å². The Bertz CT molecular complexity index is 1310. The molecule has 0 aliphatic carbocycles. The largest absolute Gasteiger partial charge is 0.490 e. The third kappa shape index (κ3) is 6.07. The zero-order valence-electron chi connectivity index (χ0n) is 20.2. The van der Waals surface area contributed by atoms with Crippen molar-refractivity contribution in [1.82, 2.24) is 0 Å². The van der Waals surface area contributed by atoms with Gasteiger partial charge in [0.15, 0.2) is 23.4 Å². The molecule has 3 aromatic rings. The number of hydrogen-bond acceptors (Lipinski definition) is 7. The highest BCUT2D eigenvalue weighted by molar-refractivity contribution is 6.15. The fourth-order valence-corrected chi connectivity index (χ4v) is 3.41. The first-order valence-electron chi connectivity index (χ1n) is 11.4. The van der Waals surface area contributed by atoms with Gasteiger partial charge in [-0.05, 0) is 57.2 Å². The predicted molar refractivity (Wildman–Crippen MR) is 133 cm³/mol. The van der Waals surface area contributed by atoms with E-state index in [4.69, 9.17) is 14.2 Å². The third-order valence-corrected chi connectivity index (χ3v) is 5.16. The SMILES string of the molecule is CCOc1ccc(C(=O)c2ccccc2C(=O)OC(C)C(=O)Nc2ccccc2C#N)cc1OCC. The second-order valence-corrected chi connectivity index (χ2v) is 7.60. The van der Waals surface area contributed by atoms with Gasteiger partial charge in [-0.15, -0.1) is 0 Å². The van der Waals surface area contributed by atoms with E-state index < -0.39 is 23.8 Å². The molecule has 0 aromatic heterocycles. The summed E-state index contributed by atoms with van der Waals surface area (Å²) in [6.45, 7) is 5.91. The van der Waals surface area contributed by atoms with Crippen LogP contribution >= 0.6 is 0 Å². The fraction of sp³-hybridized carbons (Fsp3) is 0.214. The van der Waals surface area contributed by atoms with Gasteiger partial charge in [0.1, 0.15) is 6.07 Å². The van der Waals surface area contributed by atoms with Crippen LogP contribution in [0.5, 0.6) is 11.5 Å². The maximum absolute atomic E-state index is 13.3. The number of para-hydroxylation sites is 1. The molecule has 3 rings (SSSR count). The third-order valence-electron chi connectivity index (χ3n) is 5.16. The Morgan fingerprint density at radius 2 is 1.53 bits per heavy atom. The molecule has 0 bridgehead atoms. The topological polar surface area (TPSA) is 115 Å². The summed E-state index contributed by atoms with van der Waals surface area (Å²) in [4.78, 5) is 38.8. The lowest BCUT2D eigenvalue weighted by Crippen LogP contribution is -2.30. The summed E-state index contributed by atoms with van der Waals surface area (Å²) in [6.07, 6.45) is -1.18. The van der Waals surface area contributed by atoms with Crippen LogP contribution in [0.3, 0.4) is 0 Å². The van der Waals surface area contributed by atoms with E-state index in [0.29, 0.717) is 36.0 Å². The molecule has 1 atom stereocenters. The molecule has 0 heterocycles. The molecule has 0 saturated carbocycles. The minimum Gasteiger partial charge on any atom is -0.490 e. The summed E-state index contributed by atoms with van der Waals surface area (Å²) >= 11 is 0. The van der Waals surface area contributed by atoms with Gasteiger partial charge < -0.3 is 19.5 Å². The Kier molecular flexibility index (Phi) is 8.79. The summed E-state index contributed by atoms with van der Waals surface area (Å²) in [5.41, 5.74) is 1.04. The number of esters is 1. The van der Waals surface area contributed by atoms with Gasteiger partial charge >= 0.3 is 5.97 Å². The van der Waals surface area contributed by atoms with E-state index in [-0.39, 0.29) is 16.7 Å². The average molecular weight is 487 g/mol. The molecule has 1 amide bonds. The highest BCUT2D eigenvalue weighted by Crippen LogP contribution is 2.30. The molecule has 0 spiro atoms. The summed E-state index contributed by atoms with van der Waals surface area (Å²) < 4.78 is 16.5. The van der Waals surface area contributed by atoms with Crippen LogP contribution in [0.4, 0.5) is 5.69 Å². The number of rotatable bonds is 10. The smallest absolute Gasteiger partial charge is 0.339 e. The molecule has 8 heteroatoms. The minimum atomic E-state index is -1.18. The van der Waals surface area contributed by atoms with E-state index in [1.807, 2.05) is 19.9 Å². The summed E-state index contributed by atoms with van der Waals surface area (Å²) in [7, 11) is 0. The molecule has 0 aliphatic heterocycles. The van der Waals surface area contributed by atoms with Crippen LogP contribution in [0, 0.1) is 11.3 Å². The van der Waals surface area contributed by atoms with Crippen molar-refractivity contribution in [3.05, 3.63) is 89.0 Å². The van der Waals surface area contributed by atoms with Gasteiger partial charge in [0.2, 0.25) is 0 Å². The van der Waals surface area contributed by atoms with Crippen molar-refractivity contribution in [2.75, 3.05) is 18.5 Å². The van der Waals surface area contributed by atoms with Crippen LogP contribution in [0.2, 0.25) is 0 Å². The van der Waals surface area contributed by atoms with Crippen LogP contribution in [-0.4, -0.2) is 37.0 Å². The van der Waals surface area contributed by atoms with E-state index >= 15 is 0 Å². The summed E-state index contributed by atoms with van der Waals surface area (Å²) in [5.74, 6) is -0.907. The van der Waals surface area contributed by atoms with Crippen molar-refractivity contribution in [2.24, 2.45) is 0 Å². The van der Waals surface area contributed by atoms with Crippen LogP contribution in [0.25, 0.3) is 0 Å². The van der Waals surface area contributed by atoms with E-state index in [1.165, 1.54) is 19.1 Å². The number of ether oxygens (including phenoxy) is 3. The monoisotopic (exact) mass is 486 g/mol. The van der Waals surface area contributed by atoms with E-state index in [2.05, 4.69) is 5.32 Å². The standard InChI is InChI=1S/C28H26N2O6/c1-4-34-24-15-14-19(16-25(24)35-5-2)26(31)21-11-7-8-12-22(21)28(33)36-18(3)27(32)30-23-13-9-6-10-20(23)17-29/h6-16,18H,4-5H2,1-3H3,(H,30,32). The molecule has 0 saturated heterocycles. The molecule has 1 N–H and O–H groups in total. The average Bonchev–Trinajstić information content (AvgIpc) is 2.89. The lowest BCUT2D eigenvalue weighted by Gasteiger charge is -2.16. The maximum Gasteiger partial charge on any atom is 0.339 e. The molecule has 3 aromatic carbocycles. The lowest BCUT2D eigenvalue weighted by atomic mass is 9.98. The Balaban J connectivity index is 1.80. The minimum absolute atomic E-state index is 0.0198. The normalized spacial score (nSPS) is 11.1. The molecule has 36 heavy (non-hydrogen) atoms. The Morgan fingerprint density at radius 1 is 0.889 bits per heavy atom. The molecule has 1 unspecified atom stereocenters. The van der Waals surface area contributed by atoms with Gasteiger partial charge in [-0.2, -0.15) is 5.26 Å².